The molecule has 0 spiro atoms. The molecule has 2 aliphatic heterocycles. The number of nitrogens with zero attached hydrogens (tertiary/aromatic N) is 1. The number of hydrogen-bond donors (Lipinski definition) is 3. The van der Waals surface area contributed by atoms with Crippen LogP contribution in [0.15, 0.2) is 12.1 Å². The summed E-state index contributed by atoms with van der Waals surface area (Å²) in [5.74, 6) is -0.576. The summed E-state index contributed by atoms with van der Waals surface area (Å²) in [5.41, 5.74) is 1.00. The largest absolute Gasteiger partial charge is 0.560 e. The first-order chi connectivity index (χ1) is 13.4. The molecule has 28 heavy (non-hydrogen) atoms. The number of aromatic carboxylic acids is 1. The summed E-state index contributed by atoms with van der Waals surface area (Å²) in [5, 5.41) is 21.1. The van der Waals surface area contributed by atoms with Crippen LogP contribution in [0.4, 0.5) is 0 Å². The van der Waals surface area contributed by atoms with E-state index in [9.17, 15) is 14.7 Å². The molecule has 0 bridgehead atoms. The van der Waals surface area contributed by atoms with Gasteiger partial charge in [0.15, 0.2) is 0 Å². The number of amides is 1. The predicted molar refractivity (Wildman–Crippen MR) is 104 cm³/mol. The first kappa shape index (κ1) is 20.5. The molecule has 1 fully saturated rings. The molecule has 1 aromatic rings. The lowest BCUT2D eigenvalue weighted by molar-refractivity contribution is -0.126. The van der Waals surface area contributed by atoms with Crippen LogP contribution in [0, 0.1) is 5.92 Å². The standard InChI is InChI=1S/C19H27BN2O6/c1-12(18(24)21-7-8-23)9-22-10-14(11-22)27-15-4-3-13-5-6-20(2)28-17(13)16(15)19(25)26/h3-4,12,14,23H,5-11H2,1-2H3,(H,21,24)(H,25,26). The van der Waals surface area contributed by atoms with Crippen molar-refractivity contribution in [3.8, 4) is 11.5 Å². The summed E-state index contributed by atoms with van der Waals surface area (Å²) in [6.45, 7) is 5.79. The highest BCUT2D eigenvalue weighted by Crippen LogP contribution is 2.37. The molecule has 0 aromatic heterocycles. The number of ether oxygens (including phenoxy) is 1. The van der Waals surface area contributed by atoms with E-state index in [1.807, 2.05) is 19.8 Å². The number of aryl methyl sites for hydroxylation is 1. The maximum atomic E-state index is 11.9. The Balaban J connectivity index is 1.58. The van der Waals surface area contributed by atoms with Gasteiger partial charge in [-0.3, -0.25) is 9.69 Å². The van der Waals surface area contributed by atoms with Gasteiger partial charge in [-0.15, -0.1) is 0 Å². The smallest absolute Gasteiger partial charge is 0.354 e. The molecule has 1 unspecified atom stereocenters. The summed E-state index contributed by atoms with van der Waals surface area (Å²) in [6.07, 6.45) is 1.54. The van der Waals surface area contributed by atoms with Gasteiger partial charge >= 0.3 is 12.9 Å². The van der Waals surface area contributed by atoms with E-state index in [-0.39, 0.29) is 43.6 Å². The van der Waals surface area contributed by atoms with E-state index in [2.05, 4.69) is 10.2 Å². The number of rotatable bonds is 8. The quantitative estimate of drug-likeness (QED) is 0.562. The SMILES string of the molecule is CB1CCc2ccc(OC3CN(CC(C)C(=O)NCCO)C3)c(C(=O)O)c2O1. The minimum absolute atomic E-state index is 0.0153. The van der Waals surface area contributed by atoms with Gasteiger partial charge in [0.2, 0.25) is 5.91 Å². The monoisotopic (exact) mass is 390 g/mol. The minimum Gasteiger partial charge on any atom is -0.560 e. The average Bonchev–Trinajstić information content (AvgIpc) is 2.63. The zero-order chi connectivity index (χ0) is 20.3. The Labute approximate surface area is 164 Å². The highest BCUT2D eigenvalue weighted by atomic mass is 16.5. The second-order valence-corrected chi connectivity index (χ2v) is 7.57. The second-order valence-electron chi connectivity index (χ2n) is 7.57. The number of carboxylic acids is 1. The average molecular weight is 390 g/mol. The van der Waals surface area contributed by atoms with Crippen molar-refractivity contribution in [1.82, 2.24) is 10.2 Å². The van der Waals surface area contributed by atoms with E-state index < -0.39 is 5.97 Å². The number of carboxylic acid groups (broad SMARTS) is 1. The van der Waals surface area contributed by atoms with E-state index in [0.717, 1.165) is 18.3 Å². The molecule has 3 N–H and O–H groups in total. The summed E-state index contributed by atoms with van der Waals surface area (Å²) in [6, 6.07) is 3.60. The van der Waals surface area contributed by atoms with E-state index in [1.54, 1.807) is 6.07 Å². The van der Waals surface area contributed by atoms with Crippen molar-refractivity contribution >= 4 is 18.8 Å². The van der Waals surface area contributed by atoms with Crippen molar-refractivity contribution in [3.63, 3.8) is 0 Å². The zero-order valence-electron chi connectivity index (χ0n) is 16.3. The molecule has 1 saturated heterocycles. The molecule has 0 radical (unpaired) electrons. The summed E-state index contributed by atoms with van der Waals surface area (Å²) in [7, 11) is 0. The van der Waals surface area contributed by atoms with Crippen LogP contribution in [-0.4, -0.2) is 72.8 Å². The van der Waals surface area contributed by atoms with Crippen LogP contribution in [0.1, 0.15) is 22.8 Å². The number of benzene rings is 1. The van der Waals surface area contributed by atoms with Gasteiger partial charge in [0.25, 0.3) is 0 Å². The lowest BCUT2D eigenvalue weighted by Crippen LogP contribution is -2.56. The number of aliphatic hydroxyl groups is 1. The fraction of sp³-hybridized carbons (Fsp3) is 0.579. The third-order valence-electron chi connectivity index (χ3n) is 5.16. The van der Waals surface area contributed by atoms with Crippen molar-refractivity contribution in [3.05, 3.63) is 23.3 Å². The van der Waals surface area contributed by atoms with Gasteiger partial charge in [0, 0.05) is 32.1 Å². The lowest BCUT2D eigenvalue weighted by Gasteiger charge is -2.40. The van der Waals surface area contributed by atoms with Crippen LogP contribution in [0.2, 0.25) is 13.1 Å². The van der Waals surface area contributed by atoms with E-state index >= 15 is 0 Å². The van der Waals surface area contributed by atoms with Crippen LogP contribution < -0.4 is 14.7 Å². The van der Waals surface area contributed by atoms with E-state index in [1.165, 1.54) is 0 Å². The number of fused-ring (bicyclic) bond motifs is 1. The second kappa shape index (κ2) is 8.83. The molecule has 1 atom stereocenters. The molecule has 152 valence electrons. The maximum Gasteiger partial charge on any atom is 0.354 e. The molecule has 0 aliphatic carbocycles. The third kappa shape index (κ3) is 4.59. The molecular weight excluding hydrogens is 363 g/mol. The van der Waals surface area contributed by atoms with Crippen molar-refractivity contribution < 1.29 is 29.2 Å². The number of hydrogen-bond acceptors (Lipinski definition) is 6. The summed E-state index contributed by atoms with van der Waals surface area (Å²) >= 11 is 0. The van der Waals surface area contributed by atoms with E-state index in [0.29, 0.717) is 31.1 Å². The molecule has 0 saturated carbocycles. The molecule has 1 amide bonds. The molecular formula is C19H27BN2O6. The first-order valence-electron chi connectivity index (χ1n) is 9.72. The predicted octanol–water partition coefficient (Wildman–Crippen LogP) is 0.749. The van der Waals surface area contributed by atoms with Crippen LogP contribution in [0.5, 0.6) is 11.5 Å². The highest BCUT2D eigenvalue weighted by Gasteiger charge is 2.33. The highest BCUT2D eigenvalue weighted by molar-refractivity contribution is 6.51. The molecule has 1 aromatic carbocycles. The Morgan fingerprint density at radius 1 is 1.43 bits per heavy atom. The lowest BCUT2D eigenvalue weighted by atomic mass is 9.64. The van der Waals surface area contributed by atoms with Gasteiger partial charge in [-0.05, 0) is 31.2 Å². The Kier molecular flexibility index (Phi) is 6.46. The molecule has 2 heterocycles. The van der Waals surface area contributed by atoms with Crippen molar-refractivity contribution in [2.24, 2.45) is 5.92 Å². The van der Waals surface area contributed by atoms with Gasteiger partial charge in [-0.1, -0.05) is 13.0 Å². The number of nitrogens with one attached hydrogen (secondary N) is 1. The number of likely N-dealkylation sites (tertiary alicyclic amines) is 1. The molecule has 9 heteroatoms. The van der Waals surface area contributed by atoms with E-state index in [4.69, 9.17) is 14.5 Å². The topological polar surface area (TPSA) is 108 Å². The number of carbonyl (C=O) groups excluding carboxylic acids is 1. The fourth-order valence-corrected chi connectivity index (χ4v) is 3.61. The van der Waals surface area contributed by atoms with Crippen molar-refractivity contribution in [1.29, 1.82) is 0 Å². The molecule has 8 nitrogen and oxygen atoms in total. The normalized spacial score (nSPS) is 17.9. The Morgan fingerprint density at radius 3 is 2.86 bits per heavy atom. The summed E-state index contributed by atoms with van der Waals surface area (Å²) in [4.78, 5) is 25.8. The van der Waals surface area contributed by atoms with Gasteiger partial charge in [-0.25, -0.2) is 4.79 Å². The molecule has 3 rings (SSSR count). The van der Waals surface area contributed by atoms with Crippen molar-refractivity contribution in [2.75, 3.05) is 32.8 Å². The first-order valence-corrected chi connectivity index (χ1v) is 9.72. The third-order valence-corrected chi connectivity index (χ3v) is 5.16. The Hall–Kier alpha value is -2.26. The Morgan fingerprint density at radius 2 is 2.18 bits per heavy atom. The zero-order valence-corrected chi connectivity index (χ0v) is 16.3. The van der Waals surface area contributed by atoms with Crippen LogP contribution in [-0.2, 0) is 11.2 Å². The molecule has 2 aliphatic rings. The number of aliphatic hydroxyl groups excluding tert-OH is 1. The van der Waals surface area contributed by atoms with Crippen LogP contribution >= 0.6 is 0 Å². The van der Waals surface area contributed by atoms with Crippen LogP contribution in [0.3, 0.4) is 0 Å². The van der Waals surface area contributed by atoms with Crippen LogP contribution in [0.25, 0.3) is 0 Å². The van der Waals surface area contributed by atoms with Crippen molar-refractivity contribution in [2.45, 2.75) is 32.6 Å². The fourth-order valence-electron chi connectivity index (χ4n) is 3.61. The van der Waals surface area contributed by atoms with Gasteiger partial charge in [-0.2, -0.15) is 0 Å². The number of carbonyl (C=O) groups is 2. The summed E-state index contributed by atoms with van der Waals surface area (Å²) < 4.78 is 11.7. The minimum atomic E-state index is -1.05. The Bertz CT molecular complexity index is 737. The maximum absolute atomic E-state index is 11.9. The van der Waals surface area contributed by atoms with Gasteiger partial charge in [0.1, 0.15) is 23.2 Å². The van der Waals surface area contributed by atoms with Gasteiger partial charge in [0.05, 0.1) is 6.61 Å². The van der Waals surface area contributed by atoms with Gasteiger partial charge < -0.3 is 24.9 Å².